The van der Waals surface area contributed by atoms with E-state index in [1.165, 1.54) is 36.2 Å². The molecule has 1 heterocycles. The molecule has 4 aromatic rings. The Morgan fingerprint density at radius 3 is 2.30 bits per heavy atom. The van der Waals surface area contributed by atoms with Crippen molar-refractivity contribution >= 4 is 11.8 Å². The van der Waals surface area contributed by atoms with E-state index in [1.807, 2.05) is 32.0 Å². The van der Waals surface area contributed by atoms with Gasteiger partial charge in [-0.05, 0) is 73.7 Å². The summed E-state index contributed by atoms with van der Waals surface area (Å²) in [6.07, 6.45) is 2.59. The van der Waals surface area contributed by atoms with E-state index in [9.17, 15) is 23.5 Å². The second kappa shape index (κ2) is 15.4. The van der Waals surface area contributed by atoms with Crippen molar-refractivity contribution in [3.63, 3.8) is 0 Å². The quantitative estimate of drug-likeness (QED) is 0.184. The fraction of sp³-hybridized carbons (Fsp3) is 0.324. The predicted molar refractivity (Wildman–Crippen MR) is 164 cm³/mol. The van der Waals surface area contributed by atoms with Gasteiger partial charge in [0.05, 0.1) is 18.3 Å². The maximum absolute atomic E-state index is 14.0. The van der Waals surface area contributed by atoms with Crippen LogP contribution in [-0.2, 0) is 19.4 Å². The molecule has 2 amide bonds. The predicted octanol–water partition coefficient (Wildman–Crippen LogP) is 5.16. The van der Waals surface area contributed by atoms with E-state index >= 15 is 0 Å². The Kier molecular flexibility index (Phi) is 11.3. The lowest BCUT2D eigenvalue weighted by Crippen LogP contribution is -2.48. The van der Waals surface area contributed by atoms with Crippen molar-refractivity contribution in [1.82, 2.24) is 20.5 Å². The Labute approximate surface area is 256 Å². The average Bonchev–Trinajstić information content (AvgIpc) is 3.56. The molecule has 0 spiro atoms. The number of carbonyl (C=O) groups is 2. The molecule has 0 radical (unpaired) electrons. The van der Waals surface area contributed by atoms with Crippen molar-refractivity contribution in [2.75, 3.05) is 19.6 Å². The zero-order valence-corrected chi connectivity index (χ0v) is 25.1. The van der Waals surface area contributed by atoms with E-state index in [-0.39, 0.29) is 41.5 Å². The number of aryl methyl sites for hydroxylation is 1. The Balaban J connectivity index is 1.59. The first kappa shape index (κ1) is 32.5. The van der Waals surface area contributed by atoms with Gasteiger partial charge in [0, 0.05) is 48.9 Å². The third-order valence-corrected chi connectivity index (χ3v) is 7.41. The van der Waals surface area contributed by atoms with Crippen LogP contribution < -0.4 is 10.6 Å². The molecule has 3 aromatic carbocycles. The minimum Gasteiger partial charge on any atom is -0.445 e. The Hall–Kier alpha value is -4.41. The van der Waals surface area contributed by atoms with E-state index < -0.39 is 29.7 Å². The Morgan fingerprint density at radius 2 is 1.64 bits per heavy atom. The van der Waals surface area contributed by atoms with E-state index in [2.05, 4.69) is 28.6 Å². The monoisotopic (exact) mass is 604 g/mol. The van der Waals surface area contributed by atoms with Gasteiger partial charge in [-0.3, -0.25) is 9.59 Å². The highest BCUT2D eigenvalue weighted by Crippen LogP contribution is 2.23. The largest absolute Gasteiger partial charge is 0.445 e. The van der Waals surface area contributed by atoms with E-state index in [0.29, 0.717) is 25.2 Å². The van der Waals surface area contributed by atoms with Crippen LogP contribution in [0.5, 0.6) is 0 Å². The number of hydrogen-bond donors (Lipinski definition) is 3. The molecule has 8 nitrogen and oxygen atoms in total. The number of rotatable bonds is 14. The van der Waals surface area contributed by atoms with E-state index in [0.717, 1.165) is 18.1 Å². The first-order valence-electron chi connectivity index (χ1n) is 14.8. The second-order valence-corrected chi connectivity index (χ2v) is 10.5. The van der Waals surface area contributed by atoms with Crippen molar-refractivity contribution in [2.24, 2.45) is 0 Å². The molecule has 3 N–H and O–H groups in total. The smallest absolute Gasteiger partial charge is 0.253 e. The van der Waals surface area contributed by atoms with Crippen LogP contribution in [-0.4, -0.2) is 58.6 Å². The van der Waals surface area contributed by atoms with Crippen LogP contribution in [0.4, 0.5) is 8.78 Å². The molecule has 0 bridgehead atoms. The topological polar surface area (TPSA) is 108 Å². The van der Waals surface area contributed by atoms with Crippen LogP contribution in [0.2, 0.25) is 0 Å². The van der Waals surface area contributed by atoms with Gasteiger partial charge < -0.3 is 25.1 Å². The molecular weight excluding hydrogens is 566 g/mol. The fourth-order valence-corrected chi connectivity index (χ4v) is 5.05. The number of amides is 2. The molecule has 0 fully saturated rings. The highest BCUT2D eigenvalue weighted by atomic mass is 19.1. The highest BCUT2D eigenvalue weighted by Gasteiger charge is 2.25. The molecular formula is C34H38F2N4O4. The lowest BCUT2D eigenvalue weighted by atomic mass is 9.99. The molecule has 4 rings (SSSR count). The number of aliphatic hydroxyl groups excluding tert-OH is 1. The number of aliphatic hydroxyl groups is 1. The molecule has 10 heteroatoms. The summed E-state index contributed by atoms with van der Waals surface area (Å²) in [5.41, 5.74) is 3.34. The molecule has 0 aliphatic rings. The summed E-state index contributed by atoms with van der Waals surface area (Å²) >= 11 is 0. The summed E-state index contributed by atoms with van der Waals surface area (Å²) in [7, 11) is 0. The van der Waals surface area contributed by atoms with Crippen LogP contribution in [0.1, 0.15) is 58.2 Å². The number of benzene rings is 3. The molecule has 232 valence electrons. The molecule has 1 aromatic heterocycles. The zero-order chi connectivity index (χ0) is 31.6. The van der Waals surface area contributed by atoms with Gasteiger partial charge in [-0.2, -0.15) is 0 Å². The van der Waals surface area contributed by atoms with Crippen molar-refractivity contribution < 1.29 is 27.9 Å². The summed E-state index contributed by atoms with van der Waals surface area (Å²) in [5.74, 6) is -2.13. The van der Waals surface area contributed by atoms with E-state index in [1.54, 1.807) is 17.0 Å². The Bertz CT molecular complexity index is 1540. The lowest BCUT2D eigenvalue weighted by Gasteiger charge is -2.25. The van der Waals surface area contributed by atoms with Crippen LogP contribution in [0.3, 0.4) is 0 Å². The van der Waals surface area contributed by atoms with Gasteiger partial charge in [-0.15, -0.1) is 0 Å². The summed E-state index contributed by atoms with van der Waals surface area (Å²) in [5, 5.41) is 17.3. The van der Waals surface area contributed by atoms with Gasteiger partial charge in [-0.25, -0.2) is 13.8 Å². The van der Waals surface area contributed by atoms with Crippen molar-refractivity contribution in [3.8, 4) is 11.5 Å². The molecule has 0 saturated heterocycles. The number of oxazole rings is 1. The van der Waals surface area contributed by atoms with Gasteiger partial charge in [-0.1, -0.05) is 31.2 Å². The van der Waals surface area contributed by atoms with Crippen LogP contribution in [0.15, 0.2) is 77.5 Å². The van der Waals surface area contributed by atoms with Gasteiger partial charge in [0.15, 0.2) is 0 Å². The fourth-order valence-electron chi connectivity index (χ4n) is 5.05. The van der Waals surface area contributed by atoms with Crippen LogP contribution >= 0.6 is 0 Å². The summed E-state index contributed by atoms with van der Waals surface area (Å²) in [4.78, 5) is 32.7. The van der Waals surface area contributed by atoms with Crippen molar-refractivity contribution in [3.05, 3.63) is 113 Å². The van der Waals surface area contributed by atoms with Gasteiger partial charge in [0.2, 0.25) is 5.89 Å². The summed E-state index contributed by atoms with van der Waals surface area (Å²) in [6.45, 7) is 7.34. The van der Waals surface area contributed by atoms with E-state index in [4.69, 9.17) is 4.42 Å². The van der Waals surface area contributed by atoms with Gasteiger partial charge in [0.25, 0.3) is 11.8 Å². The first-order valence-corrected chi connectivity index (χ1v) is 14.8. The summed E-state index contributed by atoms with van der Waals surface area (Å²) < 4.78 is 33.5. The molecule has 0 aliphatic carbocycles. The third-order valence-electron chi connectivity index (χ3n) is 7.41. The minimum absolute atomic E-state index is 0.0424. The average molecular weight is 605 g/mol. The molecule has 0 unspecified atom stereocenters. The molecule has 44 heavy (non-hydrogen) atoms. The number of aromatic nitrogens is 1. The van der Waals surface area contributed by atoms with Crippen molar-refractivity contribution in [2.45, 2.75) is 52.3 Å². The maximum Gasteiger partial charge on any atom is 0.253 e. The number of hydrogen-bond acceptors (Lipinski definition) is 6. The SMILES string of the molecule is CCc1cccc(CNC[C@@H](O)[C@H](Cc2cc(F)cc(F)c2)NC(=O)c2cc(C(=O)N(CC)CC)cc(-c3ncco3)c2)c1. The number of carbonyl (C=O) groups excluding carboxylic acids is 2. The number of nitrogens with one attached hydrogen (secondary N) is 2. The van der Waals surface area contributed by atoms with Crippen LogP contribution in [0.25, 0.3) is 11.5 Å². The highest BCUT2D eigenvalue weighted by molar-refractivity contribution is 6.01. The number of halogens is 2. The van der Waals surface area contributed by atoms with Crippen LogP contribution in [0, 0.1) is 11.6 Å². The molecule has 2 atom stereocenters. The maximum atomic E-state index is 14.0. The number of nitrogens with zero attached hydrogens (tertiary/aromatic N) is 2. The zero-order valence-electron chi connectivity index (χ0n) is 25.1. The normalized spacial score (nSPS) is 12.5. The van der Waals surface area contributed by atoms with Gasteiger partial charge >= 0.3 is 0 Å². The Morgan fingerprint density at radius 1 is 0.932 bits per heavy atom. The first-order chi connectivity index (χ1) is 21.2. The molecule has 0 aliphatic heterocycles. The second-order valence-electron chi connectivity index (χ2n) is 10.5. The minimum atomic E-state index is -1.12. The third kappa shape index (κ3) is 8.58. The molecule has 0 saturated carbocycles. The van der Waals surface area contributed by atoms with Gasteiger partial charge in [0.1, 0.15) is 17.9 Å². The lowest BCUT2D eigenvalue weighted by molar-refractivity contribution is 0.0773. The standard InChI is InChI=1S/C34H38F2N4O4/c1-4-22-8-7-9-23(12-22)20-37-21-31(41)30(15-24-13-28(35)19-29(36)14-24)39-32(42)25-16-26(33-38-10-11-44-33)18-27(17-25)34(43)40(5-2)6-3/h7-14,16-19,30-31,37,41H,4-6,15,20-21H2,1-3H3,(H,39,42)/t30-,31+/m0/s1. The van der Waals surface area contributed by atoms with Crippen molar-refractivity contribution in [1.29, 1.82) is 0 Å². The summed E-state index contributed by atoms with van der Waals surface area (Å²) in [6, 6.07) is 14.9.